The maximum absolute atomic E-state index is 11.9. The minimum Gasteiger partial charge on any atom is -0.497 e. The number of amides is 1. The highest BCUT2D eigenvalue weighted by Gasteiger charge is 2.14. The van der Waals surface area contributed by atoms with Crippen LogP contribution in [0.1, 0.15) is 23.4 Å². The van der Waals surface area contributed by atoms with Crippen molar-refractivity contribution in [3.05, 3.63) is 41.2 Å². The van der Waals surface area contributed by atoms with Gasteiger partial charge in [-0.2, -0.15) is 5.10 Å². The van der Waals surface area contributed by atoms with E-state index in [0.29, 0.717) is 19.6 Å². The Kier molecular flexibility index (Phi) is 5.76. The molecule has 6 heteroatoms. The van der Waals surface area contributed by atoms with Crippen molar-refractivity contribution in [2.24, 2.45) is 0 Å². The van der Waals surface area contributed by atoms with Crippen LogP contribution in [0, 0.1) is 13.8 Å². The molecule has 23 heavy (non-hydrogen) atoms. The van der Waals surface area contributed by atoms with Gasteiger partial charge < -0.3 is 14.8 Å². The molecular weight excluding hydrogens is 294 g/mol. The molecule has 0 fully saturated rings. The van der Waals surface area contributed by atoms with Crippen LogP contribution in [0.3, 0.4) is 0 Å². The summed E-state index contributed by atoms with van der Waals surface area (Å²) in [4.78, 5) is 11.9. The molecule has 1 amide bonds. The van der Waals surface area contributed by atoms with Crippen LogP contribution in [-0.4, -0.2) is 36.5 Å². The van der Waals surface area contributed by atoms with Gasteiger partial charge in [-0.05, 0) is 31.5 Å². The zero-order valence-corrected chi connectivity index (χ0v) is 14.0. The molecule has 0 atom stereocenters. The van der Waals surface area contributed by atoms with Gasteiger partial charge in [0.05, 0.1) is 43.8 Å². The number of anilines is 1. The maximum atomic E-state index is 11.9. The van der Waals surface area contributed by atoms with Crippen LogP contribution in [0.2, 0.25) is 0 Å². The molecule has 0 spiro atoms. The second-order valence-electron chi connectivity index (χ2n) is 5.35. The topological polar surface area (TPSA) is 65.4 Å². The summed E-state index contributed by atoms with van der Waals surface area (Å²) in [5.74, 6) is 0.746. The molecule has 1 N–H and O–H groups in total. The van der Waals surface area contributed by atoms with E-state index in [4.69, 9.17) is 9.47 Å². The van der Waals surface area contributed by atoms with Crippen LogP contribution >= 0.6 is 0 Å². The van der Waals surface area contributed by atoms with Crippen molar-refractivity contribution in [1.29, 1.82) is 0 Å². The molecule has 6 nitrogen and oxygen atoms in total. The van der Waals surface area contributed by atoms with Crippen LogP contribution in [0.25, 0.3) is 0 Å². The fourth-order valence-corrected chi connectivity index (χ4v) is 2.37. The van der Waals surface area contributed by atoms with Crippen molar-refractivity contribution in [3.8, 4) is 5.75 Å². The van der Waals surface area contributed by atoms with Crippen molar-refractivity contribution in [3.63, 3.8) is 0 Å². The Bertz CT molecular complexity index is 680. The third-order valence-corrected chi connectivity index (χ3v) is 3.65. The van der Waals surface area contributed by atoms with Gasteiger partial charge in [-0.1, -0.05) is 12.1 Å². The molecule has 0 bridgehead atoms. The first kappa shape index (κ1) is 17.0. The average Bonchev–Trinajstić information content (AvgIpc) is 2.80. The van der Waals surface area contributed by atoms with E-state index in [1.54, 1.807) is 14.2 Å². The fourth-order valence-electron chi connectivity index (χ4n) is 2.37. The van der Waals surface area contributed by atoms with Gasteiger partial charge in [0.25, 0.3) is 0 Å². The van der Waals surface area contributed by atoms with E-state index in [9.17, 15) is 4.79 Å². The normalized spacial score (nSPS) is 10.6. The van der Waals surface area contributed by atoms with Gasteiger partial charge in [-0.15, -0.1) is 0 Å². The molecule has 0 aliphatic heterocycles. The van der Waals surface area contributed by atoms with Crippen molar-refractivity contribution < 1.29 is 14.3 Å². The van der Waals surface area contributed by atoms with Gasteiger partial charge in [0.2, 0.25) is 5.91 Å². The number of ether oxygens (including phenoxy) is 2. The van der Waals surface area contributed by atoms with E-state index in [1.807, 2.05) is 42.8 Å². The lowest BCUT2D eigenvalue weighted by Crippen LogP contribution is -2.14. The number of hydrogen-bond donors (Lipinski definition) is 1. The minimum atomic E-state index is -0.0704. The summed E-state index contributed by atoms with van der Waals surface area (Å²) in [6.45, 7) is 4.87. The summed E-state index contributed by atoms with van der Waals surface area (Å²) in [6.07, 6.45) is 0.330. The Morgan fingerprint density at radius 3 is 2.78 bits per heavy atom. The zero-order valence-electron chi connectivity index (χ0n) is 14.0. The molecule has 1 heterocycles. The van der Waals surface area contributed by atoms with E-state index in [1.165, 1.54) is 0 Å². The van der Waals surface area contributed by atoms with E-state index < -0.39 is 0 Å². The Labute approximate surface area is 136 Å². The summed E-state index contributed by atoms with van der Waals surface area (Å²) in [7, 11) is 3.23. The summed E-state index contributed by atoms with van der Waals surface area (Å²) in [5, 5.41) is 7.44. The molecular formula is C17H23N3O3. The second kappa shape index (κ2) is 7.78. The Hall–Kier alpha value is -2.34. The van der Waals surface area contributed by atoms with Crippen molar-refractivity contribution in [1.82, 2.24) is 9.78 Å². The second-order valence-corrected chi connectivity index (χ2v) is 5.35. The highest BCUT2D eigenvalue weighted by molar-refractivity contribution is 5.91. The maximum Gasteiger partial charge on any atom is 0.226 e. The predicted octanol–water partition coefficient (Wildman–Crippen LogP) is 2.53. The summed E-state index contributed by atoms with van der Waals surface area (Å²) in [5.41, 5.74) is 3.59. The van der Waals surface area contributed by atoms with Crippen LogP contribution in [-0.2, 0) is 16.1 Å². The first-order chi connectivity index (χ1) is 11.0. The van der Waals surface area contributed by atoms with E-state index in [0.717, 1.165) is 28.4 Å². The van der Waals surface area contributed by atoms with Gasteiger partial charge in [-0.3, -0.25) is 9.48 Å². The molecule has 0 aliphatic rings. The molecule has 124 valence electrons. The summed E-state index contributed by atoms with van der Waals surface area (Å²) >= 11 is 0. The molecule has 0 aliphatic carbocycles. The quantitative estimate of drug-likeness (QED) is 0.852. The SMILES string of the molecule is COCCC(=O)Nc1c(C)nn(Cc2cccc(OC)c2)c1C. The van der Waals surface area contributed by atoms with Crippen LogP contribution in [0.5, 0.6) is 5.75 Å². The average molecular weight is 317 g/mol. The Morgan fingerprint density at radius 2 is 2.09 bits per heavy atom. The third kappa shape index (κ3) is 4.32. The molecule has 0 saturated heterocycles. The van der Waals surface area contributed by atoms with E-state index >= 15 is 0 Å². The molecule has 1 aromatic heterocycles. The molecule has 2 rings (SSSR count). The Morgan fingerprint density at radius 1 is 1.30 bits per heavy atom. The summed E-state index contributed by atoms with van der Waals surface area (Å²) in [6, 6.07) is 7.86. The van der Waals surface area contributed by atoms with Gasteiger partial charge in [0.15, 0.2) is 0 Å². The highest BCUT2D eigenvalue weighted by atomic mass is 16.5. The van der Waals surface area contributed by atoms with Gasteiger partial charge in [0, 0.05) is 7.11 Å². The number of hydrogen-bond acceptors (Lipinski definition) is 4. The van der Waals surface area contributed by atoms with Gasteiger partial charge >= 0.3 is 0 Å². The standard InChI is InChI=1S/C17H23N3O3/c1-12-17(18-16(21)8-9-22-3)13(2)20(19-12)11-14-6-5-7-15(10-14)23-4/h5-7,10H,8-9,11H2,1-4H3,(H,18,21). The first-order valence-electron chi connectivity index (χ1n) is 7.51. The number of rotatable bonds is 7. The number of nitrogens with one attached hydrogen (secondary N) is 1. The van der Waals surface area contributed by atoms with Crippen LogP contribution in [0.15, 0.2) is 24.3 Å². The molecule has 2 aromatic rings. The number of aromatic nitrogens is 2. The first-order valence-corrected chi connectivity index (χ1v) is 7.51. The minimum absolute atomic E-state index is 0.0704. The Balaban J connectivity index is 2.15. The van der Waals surface area contributed by atoms with Crippen LogP contribution < -0.4 is 10.1 Å². The molecule has 0 radical (unpaired) electrons. The van der Waals surface area contributed by atoms with E-state index in [-0.39, 0.29) is 5.91 Å². The molecule has 1 aromatic carbocycles. The molecule has 0 unspecified atom stereocenters. The number of nitrogens with zero attached hydrogens (tertiary/aromatic N) is 2. The van der Waals surface area contributed by atoms with Crippen molar-refractivity contribution >= 4 is 11.6 Å². The number of carbonyl (C=O) groups is 1. The smallest absolute Gasteiger partial charge is 0.226 e. The monoisotopic (exact) mass is 317 g/mol. The lowest BCUT2D eigenvalue weighted by atomic mass is 10.2. The predicted molar refractivity (Wildman–Crippen MR) is 88.9 cm³/mol. The number of carbonyl (C=O) groups excluding carboxylic acids is 1. The van der Waals surface area contributed by atoms with Crippen molar-refractivity contribution in [2.75, 3.05) is 26.1 Å². The number of methoxy groups -OCH3 is 2. The number of benzene rings is 1. The fraction of sp³-hybridized carbons (Fsp3) is 0.412. The lowest BCUT2D eigenvalue weighted by molar-refractivity contribution is -0.117. The molecule has 0 saturated carbocycles. The van der Waals surface area contributed by atoms with Gasteiger partial charge in [0.1, 0.15) is 5.75 Å². The largest absolute Gasteiger partial charge is 0.497 e. The zero-order chi connectivity index (χ0) is 16.8. The highest BCUT2D eigenvalue weighted by Crippen LogP contribution is 2.21. The number of aryl methyl sites for hydroxylation is 1. The van der Waals surface area contributed by atoms with E-state index in [2.05, 4.69) is 10.4 Å². The lowest BCUT2D eigenvalue weighted by Gasteiger charge is -2.08. The van der Waals surface area contributed by atoms with Crippen molar-refractivity contribution in [2.45, 2.75) is 26.8 Å². The van der Waals surface area contributed by atoms with Gasteiger partial charge in [-0.25, -0.2) is 0 Å². The summed E-state index contributed by atoms with van der Waals surface area (Å²) < 4.78 is 12.1. The third-order valence-electron chi connectivity index (χ3n) is 3.65. The van der Waals surface area contributed by atoms with Crippen LogP contribution in [0.4, 0.5) is 5.69 Å².